The molecule has 7 nitrogen and oxygen atoms in total. The topological polar surface area (TPSA) is 106 Å². The highest BCUT2D eigenvalue weighted by molar-refractivity contribution is 5.70. The Bertz CT molecular complexity index is 873. The molecule has 0 aromatic rings. The molecule has 2 aliphatic rings. The Balaban J connectivity index is 2.12. The van der Waals surface area contributed by atoms with Crippen LogP contribution in [0.15, 0.2) is 36.0 Å². The molecular weight excluding hydrogens is 484 g/mol. The first kappa shape index (κ1) is 32.3. The van der Waals surface area contributed by atoms with E-state index in [0.29, 0.717) is 12.8 Å². The van der Waals surface area contributed by atoms with E-state index in [1.807, 2.05) is 65.8 Å². The molecule has 2 N–H and O–H groups in total. The van der Waals surface area contributed by atoms with Crippen LogP contribution < -0.4 is 0 Å². The summed E-state index contributed by atoms with van der Waals surface area (Å²) in [6.45, 7) is 15.5. The molecule has 0 aromatic heterocycles. The number of cyclic esters (lactones) is 1. The molecule has 2 rings (SSSR count). The van der Waals surface area contributed by atoms with Crippen LogP contribution >= 0.6 is 0 Å². The van der Waals surface area contributed by atoms with Crippen LogP contribution in [0.1, 0.15) is 87.5 Å². The average Bonchev–Trinajstić information content (AvgIpc) is 3.60. The van der Waals surface area contributed by atoms with Crippen molar-refractivity contribution in [3.8, 4) is 0 Å². The molecule has 0 aromatic carbocycles. The van der Waals surface area contributed by atoms with Gasteiger partial charge in [0.05, 0.1) is 30.8 Å². The van der Waals surface area contributed by atoms with Gasteiger partial charge in [-0.1, -0.05) is 65.8 Å². The van der Waals surface area contributed by atoms with Crippen LogP contribution in [0.5, 0.6) is 0 Å². The summed E-state index contributed by atoms with van der Waals surface area (Å²) in [5.41, 5.74) is 0.483. The summed E-state index contributed by atoms with van der Waals surface area (Å²) in [6, 6.07) is 0. The van der Waals surface area contributed by atoms with Gasteiger partial charge >= 0.3 is 11.9 Å². The lowest BCUT2D eigenvalue weighted by atomic mass is 9.80. The van der Waals surface area contributed by atoms with Crippen molar-refractivity contribution < 1.29 is 34.0 Å². The molecule has 2 heterocycles. The number of rotatable bonds is 9. The third-order valence-corrected chi connectivity index (χ3v) is 7.93. The zero-order chi connectivity index (χ0) is 28.6. The largest absolute Gasteiger partial charge is 0.458 e. The maximum Gasteiger partial charge on any atom is 0.309 e. The summed E-state index contributed by atoms with van der Waals surface area (Å²) in [6.07, 6.45) is 10.6. The second-order valence-electron chi connectivity index (χ2n) is 12.1. The molecule has 2 aliphatic heterocycles. The van der Waals surface area contributed by atoms with Crippen molar-refractivity contribution >= 4 is 11.9 Å². The minimum atomic E-state index is -0.821. The standard InChI is InChI=1S/C31H50O7/c1-9-25(34)22(5)30-26(37-30)17-19(2)11-10-12-20(3)29-21(4)13-14-27(36-23(6)32)31(7,8)16-15-24(33)18-28(35)38-29/h10-14,19,21-22,24-27,29-30,33-34H,9,15-18H2,1-8H3. The first-order chi connectivity index (χ1) is 17.7. The SMILES string of the molecule is CCC(O)C(C)C1OC1CC(C)C=CC=C(C)C1OC(=O)CC(O)CCC(C)(C)C(OC(C)=O)C=CC1C. The summed E-state index contributed by atoms with van der Waals surface area (Å²) in [5.74, 6) is -0.525. The van der Waals surface area contributed by atoms with E-state index in [2.05, 4.69) is 13.0 Å². The van der Waals surface area contributed by atoms with Crippen LogP contribution in [-0.4, -0.2) is 58.8 Å². The summed E-state index contributed by atoms with van der Waals surface area (Å²) < 4.78 is 17.3. The summed E-state index contributed by atoms with van der Waals surface area (Å²) in [4.78, 5) is 24.4. The second-order valence-corrected chi connectivity index (χ2v) is 12.1. The fourth-order valence-electron chi connectivity index (χ4n) is 5.13. The van der Waals surface area contributed by atoms with Gasteiger partial charge in [0.1, 0.15) is 12.2 Å². The zero-order valence-electron chi connectivity index (χ0n) is 24.6. The summed E-state index contributed by atoms with van der Waals surface area (Å²) in [5, 5.41) is 20.5. The fourth-order valence-corrected chi connectivity index (χ4v) is 5.13. The van der Waals surface area contributed by atoms with Gasteiger partial charge in [-0.25, -0.2) is 0 Å². The number of allylic oxidation sites excluding steroid dienone is 3. The van der Waals surface area contributed by atoms with E-state index in [1.165, 1.54) is 6.92 Å². The van der Waals surface area contributed by atoms with Crippen molar-refractivity contribution in [3.05, 3.63) is 36.0 Å². The monoisotopic (exact) mass is 534 g/mol. The van der Waals surface area contributed by atoms with Crippen molar-refractivity contribution in [2.24, 2.45) is 23.2 Å². The van der Waals surface area contributed by atoms with Gasteiger partial charge in [0.15, 0.2) is 0 Å². The molecule has 38 heavy (non-hydrogen) atoms. The Kier molecular flexibility index (Phi) is 12.2. The van der Waals surface area contributed by atoms with Crippen LogP contribution in [-0.2, 0) is 23.8 Å². The maximum atomic E-state index is 12.7. The summed E-state index contributed by atoms with van der Waals surface area (Å²) >= 11 is 0. The van der Waals surface area contributed by atoms with Crippen molar-refractivity contribution in [2.75, 3.05) is 0 Å². The number of esters is 2. The highest BCUT2D eigenvalue weighted by Crippen LogP contribution is 2.36. The van der Waals surface area contributed by atoms with E-state index in [0.717, 1.165) is 18.4 Å². The van der Waals surface area contributed by atoms with Gasteiger partial charge in [-0.2, -0.15) is 0 Å². The highest BCUT2D eigenvalue weighted by atomic mass is 16.6. The van der Waals surface area contributed by atoms with E-state index in [-0.39, 0.29) is 48.5 Å². The Labute approximate surface area is 229 Å². The number of hydrogen-bond donors (Lipinski definition) is 2. The number of aliphatic hydroxyl groups excluding tert-OH is 2. The molecule has 216 valence electrons. The quantitative estimate of drug-likeness (QED) is 0.179. The van der Waals surface area contributed by atoms with Crippen LogP contribution in [0, 0.1) is 23.2 Å². The fraction of sp³-hybridized carbons (Fsp3) is 0.742. The lowest BCUT2D eigenvalue weighted by molar-refractivity contribution is -0.151. The van der Waals surface area contributed by atoms with E-state index in [1.54, 1.807) is 0 Å². The molecule has 7 heteroatoms. The molecule has 0 bridgehead atoms. The minimum absolute atomic E-state index is 0.0743. The predicted molar refractivity (Wildman–Crippen MR) is 148 cm³/mol. The number of carbonyl (C=O) groups excluding carboxylic acids is 2. The van der Waals surface area contributed by atoms with Crippen molar-refractivity contribution in [1.29, 1.82) is 0 Å². The molecule has 1 saturated heterocycles. The van der Waals surface area contributed by atoms with Crippen LogP contribution in [0.3, 0.4) is 0 Å². The molecular formula is C31H50O7. The molecule has 9 unspecified atom stereocenters. The van der Waals surface area contributed by atoms with Gasteiger partial charge in [0.25, 0.3) is 0 Å². The van der Waals surface area contributed by atoms with Gasteiger partial charge in [0.2, 0.25) is 0 Å². The average molecular weight is 535 g/mol. The Hall–Kier alpha value is -1.96. The second kappa shape index (κ2) is 14.4. The third kappa shape index (κ3) is 9.97. The maximum absolute atomic E-state index is 12.7. The van der Waals surface area contributed by atoms with Crippen LogP contribution in [0.4, 0.5) is 0 Å². The van der Waals surface area contributed by atoms with Crippen molar-refractivity contribution in [1.82, 2.24) is 0 Å². The normalized spacial score (nSPS) is 33.0. The Morgan fingerprint density at radius 2 is 1.95 bits per heavy atom. The van der Waals surface area contributed by atoms with E-state index in [4.69, 9.17) is 14.2 Å². The minimum Gasteiger partial charge on any atom is -0.458 e. The Morgan fingerprint density at radius 1 is 1.26 bits per heavy atom. The highest BCUT2D eigenvalue weighted by Gasteiger charge is 2.45. The van der Waals surface area contributed by atoms with E-state index >= 15 is 0 Å². The number of carbonyl (C=O) groups is 2. The summed E-state index contributed by atoms with van der Waals surface area (Å²) in [7, 11) is 0. The number of epoxide rings is 1. The molecule has 0 aliphatic carbocycles. The van der Waals surface area contributed by atoms with Crippen molar-refractivity contribution in [3.63, 3.8) is 0 Å². The first-order valence-corrected chi connectivity index (χ1v) is 14.2. The van der Waals surface area contributed by atoms with E-state index < -0.39 is 29.7 Å². The molecule has 0 amide bonds. The smallest absolute Gasteiger partial charge is 0.309 e. The van der Waals surface area contributed by atoms with Crippen LogP contribution in [0.2, 0.25) is 0 Å². The zero-order valence-corrected chi connectivity index (χ0v) is 24.6. The van der Waals surface area contributed by atoms with Gasteiger partial charge in [-0.3, -0.25) is 9.59 Å². The van der Waals surface area contributed by atoms with Gasteiger partial charge in [0, 0.05) is 24.2 Å². The van der Waals surface area contributed by atoms with E-state index in [9.17, 15) is 19.8 Å². The lowest BCUT2D eigenvalue weighted by Crippen LogP contribution is -2.35. The molecule has 9 atom stereocenters. The van der Waals surface area contributed by atoms with Gasteiger partial charge in [-0.05, 0) is 50.2 Å². The number of aliphatic hydroxyl groups is 2. The molecule has 0 radical (unpaired) electrons. The lowest BCUT2D eigenvalue weighted by Gasteiger charge is -2.33. The van der Waals surface area contributed by atoms with Crippen LogP contribution in [0.25, 0.3) is 0 Å². The van der Waals surface area contributed by atoms with Crippen molar-refractivity contribution in [2.45, 2.75) is 124 Å². The molecule has 1 fully saturated rings. The number of ether oxygens (including phenoxy) is 3. The molecule has 0 saturated carbocycles. The predicted octanol–water partition coefficient (Wildman–Crippen LogP) is 5.30. The molecule has 0 spiro atoms. The van der Waals surface area contributed by atoms with Gasteiger partial charge in [-0.15, -0.1) is 0 Å². The van der Waals surface area contributed by atoms with Gasteiger partial charge < -0.3 is 24.4 Å². The first-order valence-electron chi connectivity index (χ1n) is 14.2. The Morgan fingerprint density at radius 3 is 2.58 bits per heavy atom. The number of hydrogen-bond acceptors (Lipinski definition) is 7. The third-order valence-electron chi connectivity index (χ3n) is 7.93.